The molecular weight excluding hydrogens is 531 g/mol. The third-order valence-electron chi connectivity index (χ3n) is 4.01. The number of pyridine rings is 1. The van der Waals surface area contributed by atoms with Crippen molar-refractivity contribution in [3.63, 3.8) is 0 Å². The van der Waals surface area contributed by atoms with E-state index in [9.17, 15) is 9.35 Å². The van der Waals surface area contributed by atoms with E-state index in [1.165, 1.54) is 13.4 Å². The van der Waals surface area contributed by atoms with Crippen LogP contribution >= 0.6 is 22.6 Å². The Morgan fingerprint density at radius 2 is 1.90 bits per heavy atom. The molecule has 0 fully saturated rings. The third-order valence-corrected chi connectivity index (χ3v) is 5.42. The standard InChI is InChI=1S/C20H21IN6O3S/c1-30-19-15(4-3-9-24-19)18(28)23-11-10-22-16-12-17(27-20(26-16)31(2)29)25-14-7-5-13(21)6-8-14/h3-9,12H,10-11H2,1-2H3,(H,23,28)(H2,22,25,26,27). The highest BCUT2D eigenvalue weighted by molar-refractivity contribution is 14.1. The first-order chi connectivity index (χ1) is 15.0. The fourth-order valence-corrected chi connectivity index (χ4v) is 3.39. The van der Waals surface area contributed by atoms with Gasteiger partial charge in [-0.15, -0.1) is 0 Å². The Bertz CT molecular complexity index is 1040. The second kappa shape index (κ2) is 11.1. The maximum absolute atomic E-state index is 12.3. The molecule has 1 unspecified atom stereocenters. The summed E-state index contributed by atoms with van der Waals surface area (Å²) in [6.07, 6.45) is 3.08. The number of halogens is 1. The van der Waals surface area contributed by atoms with Crippen LogP contribution in [0, 0.1) is 3.57 Å². The van der Waals surface area contributed by atoms with Crippen molar-refractivity contribution in [3.8, 4) is 5.88 Å². The lowest BCUT2D eigenvalue weighted by molar-refractivity contribution is 0.0951. The Balaban J connectivity index is 1.62. The van der Waals surface area contributed by atoms with E-state index >= 15 is 0 Å². The van der Waals surface area contributed by atoms with E-state index in [2.05, 4.69) is 53.5 Å². The fourth-order valence-electron chi connectivity index (χ4n) is 2.58. The van der Waals surface area contributed by atoms with E-state index in [-0.39, 0.29) is 16.9 Å². The zero-order valence-electron chi connectivity index (χ0n) is 16.9. The molecule has 1 amide bonds. The lowest BCUT2D eigenvalue weighted by Gasteiger charge is -2.12. The number of methoxy groups -OCH3 is 1. The smallest absolute Gasteiger partial charge is 0.346 e. The van der Waals surface area contributed by atoms with E-state index in [1.54, 1.807) is 24.4 Å². The van der Waals surface area contributed by atoms with Gasteiger partial charge in [0.25, 0.3) is 5.91 Å². The molecule has 2 heterocycles. The second-order valence-corrected chi connectivity index (χ2v) is 8.77. The van der Waals surface area contributed by atoms with Gasteiger partial charge in [-0.3, -0.25) is 4.79 Å². The van der Waals surface area contributed by atoms with Crippen molar-refractivity contribution in [2.45, 2.75) is 5.16 Å². The molecule has 0 bridgehead atoms. The van der Waals surface area contributed by atoms with Crippen LogP contribution in [-0.2, 0) is 11.2 Å². The monoisotopic (exact) mass is 552 g/mol. The summed E-state index contributed by atoms with van der Waals surface area (Å²) in [6, 6.07) is 12.9. The molecule has 31 heavy (non-hydrogen) atoms. The van der Waals surface area contributed by atoms with Crippen LogP contribution in [0.5, 0.6) is 5.88 Å². The van der Waals surface area contributed by atoms with Crippen LogP contribution in [0.3, 0.4) is 0 Å². The highest BCUT2D eigenvalue weighted by Crippen LogP contribution is 2.20. The Hall–Kier alpha value is -2.64. The predicted octanol–water partition coefficient (Wildman–Crippen LogP) is 2.81. The summed E-state index contributed by atoms with van der Waals surface area (Å²) >= 11 is 0.885. The van der Waals surface area contributed by atoms with E-state index in [0.29, 0.717) is 30.3 Å². The number of carbonyl (C=O) groups is 1. The quantitative estimate of drug-likeness (QED) is 0.160. The molecule has 0 radical (unpaired) electrons. The Morgan fingerprint density at radius 1 is 1.16 bits per heavy atom. The normalized spacial score (nSPS) is 11.5. The number of carbonyl (C=O) groups excluding carboxylic acids is 1. The number of aromatic nitrogens is 3. The van der Waals surface area contributed by atoms with Crippen molar-refractivity contribution in [2.75, 3.05) is 37.1 Å². The Labute approximate surface area is 196 Å². The highest BCUT2D eigenvalue weighted by Gasteiger charge is 2.14. The molecule has 2 aromatic heterocycles. The van der Waals surface area contributed by atoms with Crippen LogP contribution < -0.4 is 20.7 Å². The first-order valence-electron chi connectivity index (χ1n) is 9.22. The Kier molecular flexibility index (Phi) is 8.26. The van der Waals surface area contributed by atoms with Gasteiger partial charge in [0, 0.05) is 45.8 Å². The molecule has 11 heteroatoms. The number of hydrogen-bond donors (Lipinski definition) is 3. The van der Waals surface area contributed by atoms with Gasteiger partial charge in [-0.1, -0.05) is 0 Å². The lowest BCUT2D eigenvalue weighted by atomic mass is 10.2. The molecule has 3 rings (SSSR count). The number of anilines is 3. The molecule has 0 spiro atoms. The summed E-state index contributed by atoms with van der Waals surface area (Å²) in [5, 5.41) is 9.32. The van der Waals surface area contributed by atoms with Crippen molar-refractivity contribution in [1.29, 1.82) is 0 Å². The summed E-state index contributed by atoms with van der Waals surface area (Å²) < 4.78 is 18.2. The lowest BCUT2D eigenvalue weighted by Crippen LogP contribution is -2.29. The van der Waals surface area contributed by atoms with Crippen molar-refractivity contribution in [1.82, 2.24) is 20.3 Å². The summed E-state index contributed by atoms with van der Waals surface area (Å²) in [4.78, 5) is 24.9. The van der Waals surface area contributed by atoms with Crippen molar-refractivity contribution >= 4 is 57.0 Å². The van der Waals surface area contributed by atoms with Gasteiger partial charge in [-0.05, 0) is 59.0 Å². The van der Waals surface area contributed by atoms with Gasteiger partial charge in [0.1, 0.15) is 23.5 Å². The molecule has 3 N–H and O–H groups in total. The second-order valence-electron chi connectivity index (χ2n) is 6.25. The maximum atomic E-state index is 12.3. The van der Waals surface area contributed by atoms with Gasteiger partial charge in [0.05, 0.1) is 7.11 Å². The van der Waals surface area contributed by atoms with Gasteiger partial charge in [-0.2, -0.15) is 9.97 Å². The molecule has 3 aromatic rings. The number of benzene rings is 1. The minimum absolute atomic E-state index is 0.210. The SMILES string of the molecule is COc1ncccc1C(=O)NCCNc1cc(Nc2ccc(I)cc2)nc([S+](C)[O-])n1. The molecule has 9 nitrogen and oxygen atoms in total. The van der Waals surface area contributed by atoms with E-state index in [1.807, 2.05) is 24.3 Å². The first kappa shape index (κ1) is 23.0. The van der Waals surface area contributed by atoms with Gasteiger partial charge in [-0.25, -0.2) is 4.98 Å². The van der Waals surface area contributed by atoms with Crippen molar-refractivity contribution in [2.24, 2.45) is 0 Å². The van der Waals surface area contributed by atoms with Crippen LogP contribution in [0.15, 0.2) is 53.8 Å². The number of rotatable bonds is 9. The molecule has 0 saturated carbocycles. The molecule has 0 aliphatic heterocycles. The van der Waals surface area contributed by atoms with Gasteiger partial charge in [0.2, 0.25) is 5.88 Å². The molecule has 1 atom stereocenters. The van der Waals surface area contributed by atoms with Gasteiger partial charge >= 0.3 is 5.16 Å². The average Bonchev–Trinajstić information content (AvgIpc) is 2.78. The van der Waals surface area contributed by atoms with E-state index < -0.39 is 11.2 Å². The predicted molar refractivity (Wildman–Crippen MR) is 128 cm³/mol. The van der Waals surface area contributed by atoms with Gasteiger partial charge in [0.15, 0.2) is 0 Å². The summed E-state index contributed by atoms with van der Waals surface area (Å²) in [7, 11) is 1.47. The topological polar surface area (TPSA) is 124 Å². The molecule has 0 aliphatic carbocycles. The average molecular weight is 552 g/mol. The summed E-state index contributed by atoms with van der Waals surface area (Å²) in [5.74, 6) is 1.01. The minimum Gasteiger partial charge on any atom is -0.609 e. The molecule has 162 valence electrons. The number of nitrogens with one attached hydrogen (secondary N) is 3. The summed E-state index contributed by atoms with van der Waals surface area (Å²) in [5.41, 5.74) is 1.22. The van der Waals surface area contributed by atoms with Crippen LogP contribution in [0.1, 0.15) is 10.4 Å². The molecule has 0 aliphatic rings. The first-order valence-corrected chi connectivity index (χ1v) is 11.9. The number of hydrogen-bond acceptors (Lipinski definition) is 8. The molecule has 0 saturated heterocycles. The third kappa shape index (κ3) is 6.67. The maximum Gasteiger partial charge on any atom is 0.346 e. The highest BCUT2D eigenvalue weighted by atomic mass is 127. The molecular formula is C20H21IN6O3S. The van der Waals surface area contributed by atoms with E-state index in [0.717, 1.165) is 9.26 Å². The number of amides is 1. The van der Waals surface area contributed by atoms with Crippen LogP contribution in [-0.4, -0.2) is 51.9 Å². The van der Waals surface area contributed by atoms with Crippen LogP contribution in [0.4, 0.5) is 17.3 Å². The summed E-state index contributed by atoms with van der Waals surface area (Å²) in [6.45, 7) is 0.745. The van der Waals surface area contributed by atoms with Crippen LogP contribution in [0.2, 0.25) is 0 Å². The van der Waals surface area contributed by atoms with Gasteiger partial charge < -0.3 is 25.2 Å². The number of ether oxygens (including phenoxy) is 1. The van der Waals surface area contributed by atoms with Crippen molar-refractivity contribution in [3.05, 3.63) is 57.8 Å². The zero-order valence-corrected chi connectivity index (χ0v) is 19.9. The number of nitrogens with zero attached hydrogens (tertiary/aromatic N) is 3. The fraction of sp³-hybridized carbons (Fsp3) is 0.200. The minimum atomic E-state index is -1.35. The molecule has 1 aromatic carbocycles. The zero-order chi connectivity index (χ0) is 22.2. The largest absolute Gasteiger partial charge is 0.609 e. The Morgan fingerprint density at radius 3 is 2.61 bits per heavy atom. The van der Waals surface area contributed by atoms with Crippen LogP contribution in [0.25, 0.3) is 0 Å². The van der Waals surface area contributed by atoms with Crippen molar-refractivity contribution < 1.29 is 14.1 Å². The van der Waals surface area contributed by atoms with E-state index in [4.69, 9.17) is 4.74 Å².